The number of carbonyl (C=O) groups is 2. The Hall–Kier alpha value is -1.84. The van der Waals surface area contributed by atoms with Crippen LogP contribution in [0.15, 0.2) is 18.2 Å². The molecule has 1 aliphatic carbocycles. The highest BCUT2D eigenvalue weighted by Gasteiger charge is 2.31. The molecule has 1 aromatic carbocycles. The van der Waals surface area contributed by atoms with Gasteiger partial charge < -0.3 is 15.2 Å². The molecule has 1 amide bonds. The van der Waals surface area contributed by atoms with Crippen LogP contribution in [-0.2, 0) is 9.59 Å². The van der Waals surface area contributed by atoms with Gasteiger partial charge in [-0.15, -0.1) is 0 Å². The molecule has 1 aliphatic rings. The predicted molar refractivity (Wildman–Crippen MR) is 75.0 cm³/mol. The fraction of sp³-hybridized carbons (Fsp3) is 0.500. The lowest BCUT2D eigenvalue weighted by atomic mass is 9.78. The molecule has 108 valence electrons. The van der Waals surface area contributed by atoms with Gasteiger partial charge in [0.25, 0.3) is 0 Å². The lowest BCUT2D eigenvalue weighted by Crippen LogP contribution is -2.42. The van der Waals surface area contributed by atoms with E-state index >= 15 is 0 Å². The van der Waals surface area contributed by atoms with Crippen LogP contribution in [0, 0.1) is 25.7 Å². The molecule has 0 spiro atoms. The van der Waals surface area contributed by atoms with Crippen LogP contribution >= 0.6 is 0 Å². The fourth-order valence-corrected chi connectivity index (χ4v) is 2.84. The summed E-state index contributed by atoms with van der Waals surface area (Å²) in [4.78, 5) is 23.5. The normalized spacial score (nSPS) is 22.3. The summed E-state index contributed by atoms with van der Waals surface area (Å²) in [7, 11) is 0. The zero-order chi connectivity index (χ0) is 14.7. The summed E-state index contributed by atoms with van der Waals surface area (Å²) in [5, 5.41) is 14.0. The van der Waals surface area contributed by atoms with Crippen LogP contribution in [0.2, 0.25) is 0 Å². The Kier molecular flexibility index (Phi) is 4.42. The first-order valence-electron chi connectivity index (χ1n) is 7.08. The second-order valence-electron chi connectivity index (χ2n) is 5.55. The highest BCUT2D eigenvalue weighted by atomic mass is 16.4. The summed E-state index contributed by atoms with van der Waals surface area (Å²) in [6, 6.07) is 5.71. The van der Waals surface area contributed by atoms with Crippen LogP contribution < -0.4 is 10.4 Å². The van der Waals surface area contributed by atoms with Gasteiger partial charge in [0.1, 0.15) is 0 Å². The van der Waals surface area contributed by atoms with Crippen LogP contribution in [0.4, 0.5) is 5.69 Å². The predicted octanol–water partition coefficient (Wildman–Crippen LogP) is 1.80. The molecule has 0 unspecified atom stereocenters. The molecule has 0 bridgehead atoms. The minimum absolute atomic E-state index is 0.201. The summed E-state index contributed by atoms with van der Waals surface area (Å²) in [6.07, 6.45) is 2.91. The molecule has 1 aromatic rings. The van der Waals surface area contributed by atoms with Gasteiger partial charge in [-0.3, -0.25) is 4.79 Å². The molecule has 1 saturated carbocycles. The number of carbonyl (C=O) groups excluding carboxylic acids is 2. The average molecular weight is 274 g/mol. The van der Waals surface area contributed by atoms with Crippen molar-refractivity contribution in [2.24, 2.45) is 11.8 Å². The van der Waals surface area contributed by atoms with Crippen molar-refractivity contribution in [3.63, 3.8) is 0 Å². The quantitative estimate of drug-likeness (QED) is 0.913. The van der Waals surface area contributed by atoms with Gasteiger partial charge in [0.2, 0.25) is 5.91 Å². The number of hydrogen-bond donors (Lipinski definition) is 1. The topological polar surface area (TPSA) is 69.2 Å². The summed E-state index contributed by atoms with van der Waals surface area (Å²) in [5.41, 5.74) is 2.88. The number of amides is 1. The molecular weight excluding hydrogens is 254 g/mol. The summed E-state index contributed by atoms with van der Waals surface area (Å²) >= 11 is 0. The van der Waals surface area contributed by atoms with E-state index in [0.29, 0.717) is 12.8 Å². The third-order valence-electron chi connectivity index (χ3n) is 4.27. The van der Waals surface area contributed by atoms with Gasteiger partial charge in [-0.1, -0.05) is 25.0 Å². The Bertz CT molecular complexity index is 524. The maximum absolute atomic E-state index is 12.3. The number of hydrogen-bond acceptors (Lipinski definition) is 3. The molecule has 4 heteroatoms. The molecule has 2 atom stereocenters. The molecule has 0 radical (unpaired) electrons. The molecule has 0 heterocycles. The van der Waals surface area contributed by atoms with Gasteiger partial charge in [-0.25, -0.2) is 0 Å². The van der Waals surface area contributed by atoms with E-state index < -0.39 is 17.8 Å². The Morgan fingerprint density at radius 3 is 2.45 bits per heavy atom. The van der Waals surface area contributed by atoms with Crippen molar-refractivity contribution in [2.75, 3.05) is 5.32 Å². The summed E-state index contributed by atoms with van der Waals surface area (Å²) in [5.74, 6) is -2.44. The second-order valence-corrected chi connectivity index (χ2v) is 5.55. The summed E-state index contributed by atoms with van der Waals surface area (Å²) < 4.78 is 0. The standard InChI is InChI=1S/C16H21NO3/c1-10-6-5-9-14(11(10)2)17-15(18)12-7-3-4-8-13(12)16(19)20/h5-6,9,12-13H,3-4,7-8H2,1-2H3,(H,17,18)(H,19,20)/p-1/t12-,13+/m0/s1. The van der Waals surface area contributed by atoms with E-state index in [1.165, 1.54) is 0 Å². The smallest absolute Gasteiger partial charge is 0.228 e. The van der Waals surface area contributed by atoms with Crippen molar-refractivity contribution in [3.05, 3.63) is 29.3 Å². The van der Waals surface area contributed by atoms with E-state index in [1.54, 1.807) is 0 Å². The summed E-state index contributed by atoms with van der Waals surface area (Å²) in [6.45, 7) is 3.93. The first-order chi connectivity index (χ1) is 9.50. The number of benzene rings is 1. The average Bonchev–Trinajstić information content (AvgIpc) is 2.43. The van der Waals surface area contributed by atoms with Gasteiger partial charge in [0.05, 0.1) is 0 Å². The van der Waals surface area contributed by atoms with E-state index in [4.69, 9.17) is 0 Å². The zero-order valence-corrected chi connectivity index (χ0v) is 11.9. The Balaban J connectivity index is 2.14. The molecule has 1 N–H and O–H groups in total. The van der Waals surface area contributed by atoms with E-state index in [9.17, 15) is 14.7 Å². The van der Waals surface area contributed by atoms with Crippen molar-refractivity contribution in [1.82, 2.24) is 0 Å². The number of aliphatic carboxylic acids is 1. The van der Waals surface area contributed by atoms with Crippen molar-refractivity contribution in [2.45, 2.75) is 39.5 Å². The van der Waals surface area contributed by atoms with Gasteiger partial charge in [0, 0.05) is 23.5 Å². The maximum atomic E-state index is 12.3. The molecule has 2 rings (SSSR count). The SMILES string of the molecule is Cc1cccc(NC(=O)[C@H]2CCCC[C@H]2C(=O)[O-])c1C. The monoisotopic (exact) mass is 274 g/mol. The van der Waals surface area contributed by atoms with Crippen LogP contribution in [-0.4, -0.2) is 11.9 Å². The number of rotatable bonds is 3. The Labute approximate surface area is 119 Å². The Morgan fingerprint density at radius 2 is 1.80 bits per heavy atom. The van der Waals surface area contributed by atoms with Crippen molar-refractivity contribution in [1.29, 1.82) is 0 Å². The molecule has 0 aliphatic heterocycles. The first kappa shape index (κ1) is 14.6. The molecule has 20 heavy (non-hydrogen) atoms. The molecule has 0 aromatic heterocycles. The number of aryl methyl sites for hydroxylation is 1. The fourth-order valence-electron chi connectivity index (χ4n) is 2.84. The van der Waals surface area contributed by atoms with E-state index in [2.05, 4.69) is 5.32 Å². The minimum atomic E-state index is -1.11. The lowest BCUT2D eigenvalue weighted by Gasteiger charge is -2.31. The first-order valence-corrected chi connectivity index (χ1v) is 7.08. The number of carboxylic acid groups (broad SMARTS) is 1. The number of anilines is 1. The minimum Gasteiger partial charge on any atom is -0.550 e. The van der Waals surface area contributed by atoms with E-state index in [-0.39, 0.29) is 5.91 Å². The van der Waals surface area contributed by atoms with Crippen LogP contribution in [0.3, 0.4) is 0 Å². The number of nitrogens with one attached hydrogen (secondary N) is 1. The highest BCUT2D eigenvalue weighted by molar-refractivity contribution is 5.95. The van der Waals surface area contributed by atoms with Gasteiger partial charge >= 0.3 is 0 Å². The van der Waals surface area contributed by atoms with E-state index in [0.717, 1.165) is 29.7 Å². The van der Waals surface area contributed by atoms with Crippen LogP contribution in [0.1, 0.15) is 36.8 Å². The van der Waals surface area contributed by atoms with Crippen molar-refractivity contribution in [3.8, 4) is 0 Å². The van der Waals surface area contributed by atoms with Crippen LogP contribution in [0.5, 0.6) is 0 Å². The van der Waals surface area contributed by atoms with E-state index in [1.807, 2.05) is 32.0 Å². The van der Waals surface area contributed by atoms with Crippen LogP contribution in [0.25, 0.3) is 0 Å². The van der Waals surface area contributed by atoms with Crippen molar-refractivity contribution >= 4 is 17.6 Å². The Morgan fingerprint density at radius 1 is 1.15 bits per heavy atom. The largest absolute Gasteiger partial charge is 0.550 e. The van der Waals surface area contributed by atoms with Gasteiger partial charge in [0.15, 0.2) is 0 Å². The number of carboxylic acids is 1. The lowest BCUT2D eigenvalue weighted by molar-refractivity contribution is -0.313. The van der Waals surface area contributed by atoms with Gasteiger partial charge in [-0.05, 0) is 43.9 Å². The second kappa shape index (κ2) is 6.07. The third-order valence-corrected chi connectivity index (χ3v) is 4.27. The zero-order valence-electron chi connectivity index (χ0n) is 11.9. The van der Waals surface area contributed by atoms with Gasteiger partial charge in [-0.2, -0.15) is 0 Å². The molecule has 1 fully saturated rings. The molecule has 0 saturated heterocycles. The molecule has 4 nitrogen and oxygen atoms in total. The third kappa shape index (κ3) is 3.00. The highest BCUT2D eigenvalue weighted by Crippen LogP contribution is 2.31. The molecular formula is C16H20NO3-. The van der Waals surface area contributed by atoms with Crippen molar-refractivity contribution < 1.29 is 14.7 Å². The maximum Gasteiger partial charge on any atom is 0.228 e.